The van der Waals surface area contributed by atoms with Gasteiger partial charge in [-0.25, -0.2) is 0 Å². The number of likely N-dealkylation sites (tertiary alicyclic amines) is 1. The highest BCUT2D eigenvalue weighted by atomic mass is 16.5. The van der Waals surface area contributed by atoms with Crippen molar-refractivity contribution in [2.24, 2.45) is 11.8 Å². The maximum absolute atomic E-state index is 12.9. The van der Waals surface area contributed by atoms with Gasteiger partial charge in [0, 0.05) is 37.7 Å². The highest BCUT2D eigenvalue weighted by molar-refractivity contribution is 6.04. The Kier molecular flexibility index (Phi) is 6.36. The molecule has 1 aliphatic carbocycles. The second kappa shape index (κ2) is 9.71. The van der Waals surface area contributed by atoms with Crippen LogP contribution < -0.4 is 15.4 Å². The Morgan fingerprint density at radius 1 is 1.18 bits per heavy atom. The number of aliphatic hydroxyl groups excluding tert-OH is 1. The Hall–Kier alpha value is -3.43. The van der Waals surface area contributed by atoms with Gasteiger partial charge < -0.3 is 25.4 Å². The van der Waals surface area contributed by atoms with Gasteiger partial charge in [0.15, 0.2) is 0 Å². The normalized spacial score (nSPS) is 24.2. The minimum atomic E-state index is -1.07. The summed E-state index contributed by atoms with van der Waals surface area (Å²) in [7, 11) is 0. The quantitative estimate of drug-likeness (QED) is 0.538. The molecule has 3 aliphatic heterocycles. The van der Waals surface area contributed by atoms with Crippen molar-refractivity contribution in [3.05, 3.63) is 59.2 Å². The summed E-state index contributed by atoms with van der Waals surface area (Å²) in [6, 6.07) is 13.2. The lowest BCUT2D eigenvalue weighted by molar-refractivity contribution is -0.166. The number of ether oxygens (including phenoxy) is 1. The number of hydrogen-bond donors (Lipinski definition) is 3. The number of nitrogens with zero attached hydrogens (tertiary/aromatic N) is 2. The monoisotopic (exact) mass is 518 g/mol. The zero-order chi connectivity index (χ0) is 26.4. The summed E-state index contributed by atoms with van der Waals surface area (Å²) in [5.74, 6) is 0.610. The van der Waals surface area contributed by atoms with E-state index in [1.165, 1.54) is 11.1 Å². The summed E-state index contributed by atoms with van der Waals surface area (Å²) in [5.41, 5.74) is 2.36. The second-order valence-corrected chi connectivity index (χ2v) is 11.3. The fourth-order valence-electron chi connectivity index (χ4n) is 6.03. The van der Waals surface area contributed by atoms with E-state index in [1.807, 2.05) is 6.07 Å². The average Bonchev–Trinajstić information content (AvgIpc) is 2.87. The molecular formula is C29H34N4O5. The molecule has 9 heteroatoms. The Morgan fingerprint density at radius 3 is 2.71 bits per heavy atom. The number of carbonyl (C=O) groups is 3. The zero-order valence-corrected chi connectivity index (χ0v) is 21.6. The number of fused-ring (bicyclic) bond motifs is 2. The summed E-state index contributed by atoms with van der Waals surface area (Å²) in [4.78, 5) is 42.2. The molecule has 0 unspecified atom stereocenters. The summed E-state index contributed by atoms with van der Waals surface area (Å²) >= 11 is 0. The molecule has 6 rings (SSSR count). The van der Waals surface area contributed by atoms with Crippen LogP contribution in [0.2, 0.25) is 0 Å². The Balaban J connectivity index is 1.01. The number of amides is 3. The second-order valence-electron chi connectivity index (χ2n) is 11.3. The predicted octanol–water partition coefficient (Wildman–Crippen LogP) is 1.79. The van der Waals surface area contributed by atoms with E-state index in [4.69, 9.17) is 4.74 Å². The lowest BCUT2D eigenvalue weighted by Gasteiger charge is -2.51. The van der Waals surface area contributed by atoms with E-state index in [1.54, 1.807) is 23.1 Å². The standard InChI is InChI=1S/C29H34N4O5/c1-18-10-22(11-18)27(36)33-16-29(17-33)28(37)31-24-12-20(6-7-25(24)38-29)26(35)30-13-23(34)15-32-9-8-19-4-2-3-5-21(19)14-32/h2-7,12,18,22-23,34H,8-11,13-17H2,1H3,(H,30,35)(H,31,37)/t18?,22?,23-/m0/s1. The third-order valence-electron chi connectivity index (χ3n) is 8.31. The molecule has 0 aromatic heterocycles. The largest absolute Gasteiger partial charge is 0.471 e. The first kappa shape index (κ1) is 24.9. The average molecular weight is 519 g/mol. The summed E-state index contributed by atoms with van der Waals surface area (Å²) < 4.78 is 6.06. The number of rotatable bonds is 6. The molecule has 2 aromatic rings. The maximum Gasteiger partial charge on any atom is 0.272 e. The number of nitrogens with one attached hydrogen (secondary N) is 2. The molecule has 2 fully saturated rings. The fourth-order valence-corrected chi connectivity index (χ4v) is 6.03. The molecule has 2 aromatic carbocycles. The fraction of sp³-hybridized carbons (Fsp3) is 0.483. The smallest absolute Gasteiger partial charge is 0.272 e. The number of aliphatic hydroxyl groups is 1. The predicted molar refractivity (Wildman–Crippen MR) is 141 cm³/mol. The molecular weight excluding hydrogens is 484 g/mol. The first-order valence-corrected chi connectivity index (χ1v) is 13.5. The number of carbonyl (C=O) groups excluding carboxylic acids is 3. The molecule has 0 bridgehead atoms. The molecule has 1 saturated heterocycles. The van der Waals surface area contributed by atoms with Gasteiger partial charge in [-0.05, 0) is 54.5 Å². The minimum absolute atomic E-state index is 0.0671. The molecule has 3 amide bonds. The van der Waals surface area contributed by atoms with Gasteiger partial charge in [-0.15, -0.1) is 0 Å². The maximum atomic E-state index is 12.9. The van der Waals surface area contributed by atoms with Crippen LogP contribution in [0.1, 0.15) is 41.3 Å². The molecule has 0 radical (unpaired) electrons. The van der Waals surface area contributed by atoms with Crippen LogP contribution in [0.5, 0.6) is 5.75 Å². The first-order valence-electron chi connectivity index (χ1n) is 13.5. The van der Waals surface area contributed by atoms with E-state index in [9.17, 15) is 19.5 Å². The van der Waals surface area contributed by atoms with Gasteiger partial charge in [-0.2, -0.15) is 0 Å². The van der Waals surface area contributed by atoms with E-state index < -0.39 is 11.7 Å². The zero-order valence-electron chi connectivity index (χ0n) is 21.6. The Morgan fingerprint density at radius 2 is 1.95 bits per heavy atom. The van der Waals surface area contributed by atoms with Crippen LogP contribution in [0.25, 0.3) is 0 Å². The third kappa shape index (κ3) is 4.65. The van der Waals surface area contributed by atoms with Crippen LogP contribution in [0.3, 0.4) is 0 Å². The van der Waals surface area contributed by atoms with Gasteiger partial charge in [0.2, 0.25) is 11.5 Å². The number of β-amino-alcohol motifs (C(OH)–C–C–N with tert-alkyl or cyclic N) is 1. The Labute approximate surface area is 222 Å². The van der Waals surface area contributed by atoms with Crippen molar-refractivity contribution in [2.45, 2.75) is 44.4 Å². The first-order chi connectivity index (χ1) is 18.3. The van der Waals surface area contributed by atoms with Crippen LogP contribution >= 0.6 is 0 Å². The summed E-state index contributed by atoms with van der Waals surface area (Å²) in [6.45, 7) is 4.89. The van der Waals surface area contributed by atoms with Crippen molar-refractivity contribution in [3.63, 3.8) is 0 Å². The SMILES string of the molecule is CC1CC(C(=O)N2CC3(C2)Oc2ccc(C(=O)NC[C@H](O)CN4CCc5ccccc5C4)cc2NC3=O)C1. The highest BCUT2D eigenvalue weighted by Crippen LogP contribution is 2.41. The third-order valence-corrected chi connectivity index (χ3v) is 8.31. The molecule has 3 heterocycles. The molecule has 4 aliphatic rings. The molecule has 1 saturated carbocycles. The van der Waals surface area contributed by atoms with Crippen molar-refractivity contribution in [2.75, 3.05) is 38.0 Å². The lowest BCUT2D eigenvalue weighted by Crippen LogP contribution is -2.73. The van der Waals surface area contributed by atoms with E-state index in [0.29, 0.717) is 29.5 Å². The Bertz CT molecular complexity index is 1270. The van der Waals surface area contributed by atoms with Crippen LogP contribution in [-0.2, 0) is 22.6 Å². The van der Waals surface area contributed by atoms with E-state index in [-0.39, 0.29) is 43.3 Å². The molecule has 9 nitrogen and oxygen atoms in total. The molecule has 1 spiro atoms. The van der Waals surface area contributed by atoms with Gasteiger partial charge in [0.05, 0.1) is 24.9 Å². The highest BCUT2D eigenvalue weighted by Gasteiger charge is 2.56. The summed E-state index contributed by atoms with van der Waals surface area (Å²) in [5, 5.41) is 16.2. The number of anilines is 1. The van der Waals surface area contributed by atoms with Crippen LogP contribution in [0, 0.1) is 11.8 Å². The number of benzene rings is 2. The van der Waals surface area contributed by atoms with Gasteiger partial charge in [0.1, 0.15) is 5.75 Å². The molecule has 38 heavy (non-hydrogen) atoms. The molecule has 1 atom stereocenters. The van der Waals surface area contributed by atoms with Gasteiger partial charge in [-0.1, -0.05) is 31.2 Å². The lowest BCUT2D eigenvalue weighted by atomic mass is 9.74. The van der Waals surface area contributed by atoms with Crippen LogP contribution in [0.4, 0.5) is 5.69 Å². The van der Waals surface area contributed by atoms with Crippen molar-refractivity contribution in [3.8, 4) is 5.75 Å². The van der Waals surface area contributed by atoms with Crippen molar-refractivity contribution < 1.29 is 24.2 Å². The molecule has 3 N–H and O–H groups in total. The van der Waals surface area contributed by atoms with Crippen molar-refractivity contribution >= 4 is 23.4 Å². The summed E-state index contributed by atoms with van der Waals surface area (Å²) in [6.07, 6.45) is 2.07. The number of hydrogen-bond acceptors (Lipinski definition) is 6. The van der Waals surface area contributed by atoms with Gasteiger partial charge >= 0.3 is 0 Å². The van der Waals surface area contributed by atoms with Gasteiger partial charge in [-0.3, -0.25) is 19.3 Å². The van der Waals surface area contributed by atoms with Crippen molar-refractivity contribution in [1.29, 1.82) is 0 Å². The van der Waals surface area contributed by atoms with Crippen LogP contribution in [0.15, 0.2) is 42.5 Å². The van der Waals surface area contributed by atoms with Crippen molar-refractivity contribution in [1.82, 2.24) is 15.1 Å². The van der Waals surface area contributed by atoms with E-state index >= 15 is 0 Å². The van der Waals surface area contributed by atoms with Gasteiger partial charge in [0.25, 0.3) is 11.8 Å². The van der Waals surface area contributed by atoms with Crippen LogP contribution in [-0.4, -0.2) is 77.1 Å². The topological polar surface area (TPSA) is 111 Å². The van der Waals surface area contributed by atoms with E-state index in [0.717, 1.165) is 32.4 Å². The minimum Gasteiger partial charge on any atom is -0.471 e. The molecule has 200 valence electrons. The van der Waals surface area contributed by atoms with E-state index in [2.05, 4.69) is 40.7 Å².